The molecule has 1 unspecified atom stereocenters. The van der Waals surface area contributed by atoms with Gasteiger partial charge in [-0.25, -0.2) is 4.79 Å². The zero-order valence-corrected chi connectivity index (χ0v) is 11.9. The molecule has 0 amide bonds. The van der Waals surface area contributed by atoms with Crippen LogP contribution in [-0.4, -0.2) is 17.7 Å². The van der Waals surface area contributed by atoms with Crippen LogP contribution in [0.3, 0.4) is 0 Å². The molecule has 0 heterocycles. The van der Waals surface area contributed by atoms with E-state index in [2.05, 4.69) is 0 Å². The van der Waals surface area contributed by atoms with Gasteiger partial charge in [-0.05, 0) is 30.2 Å². The topological polar surface area (TPSA) is 46.5 Å². The van der Waals surface area contributed by atoms with Crippen LogP contribution in [0.4, 0.5) is 0 Å². The number of aliphatic hydroxyl groups excluding tert-OH is 1. The monoisotopic (exact) mass is 282 g/mol. The van der Waals surface area contributed by atoms with Gasteiger partial charge in [-0.3, -0.25) is 0 Å². The van der Waals surface area contributed by atoms with Crippen molar-refractivity contribution in [3.05, 3.63) is 77.4 Å². The molecule has 0 spiro atoms. The maximum Gasteiger partial charge on any atom is 0.338 e. The van der Waals surface area contributed by atoms with Crippen molar-refractivity contribution >= 4 is 12.0 Å². The van der Waals surface area contributed by atoms with E-state index in [0.29, 0.717) is 12.2 Å². The van der Waals surface area contributed by atoms with E-state index < -0.39 is 6.10 Å². The number of esters is 1. The zero-order chi connectivity index (χ0) is 15.1. The smallest absolute Gasteiger partial charge is 0.338 e. The van der Waals surface area contributed by atoms with E-state index >= 15 is 0 Å². The first-order valence-corrected chi connectivity index (χ1v) is 6.89. The van der Waals surface area contributed by atoms with Gasteiger partial charge in [0.1, 0.15) is 0 Å². The summed E-state index contributed by atoms with van der Waals surface area (Å²) in [7, 11) is 0. The first-order chi connectivity index (χ1) is 10.2. The minimum Gasteiger partial charge on any atom is -0.462 e. The Hall–Kier alpha value is -2.39. The van der Waals surface area contributed by atoms with Crippen LogP contribution in [0, 0.1) is 0 Å². The number of hydrogen-bond donors (Lipinski definition) is 1. The van der Waals surface area contributed by atoms with Crippen LogP contribution in [0.2, 0.25) is 0 Å². The van der Waals surface area contributed by atoms with Gasteiger partial charge in [0.15, 0.2) is 0 Å². The Balaban J connectivity index is 2.03. The molecular weight excluding hydrogens is 264 g/mol. The van der Waals surface area contributed by atoms with E-state index in [0.717, 1.165) is 11.1 Å². The van der Waals surface area contributed by atoms with Crippen LogP contribution in [0.15, 0.2) is 60.7 Å². The van der Waals surface area contributed by atoms with E-state index in [-0.39, 0.29) is 5.97 Å². The highest BCUT2D eigenvalue weighted by atomic mass is 16.5. The number of hydrogen-bond acceptors (Lipinski definition) is 3. The molecule has 2 aromatic carbocycles. The van der Waals surface area contributed by atoms with Crippen LogP contribution >= 0.6 is 0 Å². The molecule has 0 saturated heterocycles. The van der Waals surface area contributed by atoms with Crippen LogP contribution in [0.1, 0.15) is 34.5 Å². The minimum absolute atomic E-state index is 0.322. The van der Waals surface area contributed by atoms with E-state index in [4.69, 9.17) is 4.74 Å². The second-order valence-corrected chi connectivity index (χ2v) is 4.56. The lowest BCUT2D eigenvalue weighted by Gasteiger charge is -2.05. The average molecular weight is 282 g/mol. The quantitative estimate of drug-likeness (QED) is 0.852. The Kier molecular flexibility index (Phi) is 5.29. The van der Waals surface area contributed by atoms with Gasteiger partial charge in [-0.15, -0.1) is 0 Å². The molecule has 2 aromatic rings. The van der Waals surface area contributed by atoms with Crippen LogP contribution in [0.5, 0.6) is 0 Å². The van der Waals surface area contributed by atoms with Gasteiger partial charge in [0.2, 0.25) is 0 Å². The lowest BCUT2D eigenvalue weighted by molar-refractivity contribution is 0.0526. The molecule has 2 rings (SSSR count). The summed E-state index contributed by atoms with van der Waals surface area (Å²) >= 11 is 0. The Morgan fingerprint density at radius 2 is 1.81 bits per heavy atom. The number of carbonyl (C=O) groups excluding carboxylic acids is 1. The Bertz CT molecular complexity index is 600. The van der Waals surface area contributed by atoms with Crippen molar-refractivity contribution in [1.29, 1.82) is 0 Å². The largest absolute Gasteiger partial charge is 0.462 e. The summed E-state index contributed by atoms with van der Waals surface area (Å²) in [5, 5.41) is 10.0. The fourth-order valence-corrected chi connectivity index (χ4v) is 1.91. The molecule has 0 bridgehead atoms. The minimum atomic E-state index is -0.643. The van der Waals surface area contributed by atoms with Gasteiger partial charge < -0.3 is 9.84 Å². The van der Waals surface area contributed by atoms with Crippen molar-refractivity contribution in [3.63, 3.8) is 0 Å². The third kappa shape index (κ3) is 4.29. The maximum atomic E-state index is 11.5. The van der Waals surface area contributed by atoms with Gasteiger partial charge >= 0.3 is 5.97 Å². The molecule has 0 fully saturated rings. The average Bonchev–Trinajstić information content (AvgIpc) is 2.54. The SMILES string of the molecule is CCOC(=O)c1ccc(C=CC(O)c2ccccc2)cc1. The molecule has 108 valence electrons. The van der Waals surface area contributed by atoms with Crippen molar-refractivity contribution in [2.24, 2.45) is 0 Å². The zero-order valence-electron chi connectivity index (χ0n) is 11.9. The van der Waals surface area contributed by atoms with Crippen LogP contribution in [-0.2, 0) is 4.74 Å². The lowest BCUT2D eigenvalue weighted by Crippen LogP contribution is -2.03. The molecule has 0 aliphatic carbocycles. The molecule has 3 nitrogen and oxygen atoms in total. The highest BCUT2D eigenvalue weighted by molar-refractivity contribution is 5.89. The summed E-state index contributed by atoms with van der Waals surface area (Å²) in [5.41, 5.74) is 2.28. The Morgan fingerprint density at radius 3 is 2.43 bits per heavy atom. The molecule has 1 atom stereocenters. The number of aliphatic hydroxyl groups is 1. The highest BCUT2D eigenvalue weighted by Gasteiger charge is 2.05. The molecule has 0 aromatic heterocycles. The van der Waals surface area contributed by atoms with E-state index in [1.54, 1.807) is 25.1 Å². The van der Waals surface area contributed by atoms with Crippen molar-refractivity contribution in [2.45, 2.75) is 13.0 Å². The van der Waals surface area contributed by atoms with E-state index in [1.807, 2.05) is 48.5 Å². The summed E-state index contributed by atoms with van der Waals surface area (Å²) in [6, 6.07) is 16.5. The molecule has 1 N–H and O–H groups in total. The van der Waals surface area contributed by atoms with Gasteiger partial charge in [0.25, 0.3) is 0 Å². The molecule has 0 saturated carbocycles. The summed E-state index contributed by atoms with van der Waals surface area (Å²) in [6.45, 7) is 2.14. The Labute approximate surface area is 124 Å². The molecule has 0 radical (unpaired) electrons. The maximum absolute atomic E-state index is 11.5. The van der Waals surface area contributed by atoms with Crippen molar-refractivity contribution in [1.82, 2.24) is 0 Å². The van der Waals surface area contributed by atoms with Gasteiger partial charge in [-0.1, -0.05) is 54.6 Å². The number of benzene rings is 2. The molecule has 3 heteroatoms. The fraction of sp³-hybridized carbons (Fsp3) is 0.167. The summed E-state index contributed by atoms with van der Waals surface area (Å²) < 4.78 is 4.93. The number of ether oxygens (including phenoxy) is 1. The number of carbonyl (C=O) groups is 1. The third-order valence-electron chi connectivity index (χ3n) is 3.03. The van der Waals surface area contributed by atoms with Gasteiger partial charge in [0.05, 0.1) is 18.3 Å². The molecule has 0 aliphatic rings. The second-order valence-electron chi connectivity index (χ2n) is 4.56. The van der Waals surface area contributed by atoms with Crippen molar-refractivity contribution in [3.8, 4) is 0 Å². The van der Waals surface area contributed by atoms with Gasteiger partial charge in [-0.2, -0.15) is 0 Å². The predicted octanol–water partition coefficient (Wildman–Crippen LogP) is 3.61. The van der Waals surface area contributed by atoms with Crippen molar-refractivity contribution < 1.29 is 14.6 Å². The molecule has 21 heavy (non-hydrogen) atoms. The lowest BCUT2D eigenvalue weighted by atomic mass is 10.1. The number of rotatable bonds is 5. The van der Waals surface area contributed by atoms with Crippen molar-refractivity contribution in [2.75, 3.05) is 6.61 Å². The summed E-state index contributed by atoms with van der Waals surface area (Å²) in [4.78, 5) is 11.5. The normalized spacial score (nSPS) is 12.3. The molecule has 0 aliphatic heterocycles. The highest BCUT2D eigenvalue weighted by Crippen LogP contribution is 2.15. The summed E-state index contributed by atoms with van der Waals surface area (Å²) in [6.07, 6.45) is 2.90. The van der Waals surface area contributed by atoms with E-state index in [9.17, 15) is 9.90 Å². The fourth-order valence-electron chi connectivity index (χ4n) is 1.91. The molecular formula is C18H18O3. The van der Waals surface area contributed by atoms with Crippen LogP contribution in [0.25, 0.3) is 6.08 Å². The third-order valence-corrected chi connectivity index (χ3v) is 3.03. The van der Waals surface area contributed by atoms with E-state index in [1.165, 1.54) is 0 Å². The van der Waals surface area contributed by atoms with Gasteiger partial charge in [0, 0.05) is 0 Å². The summed E-state index contributed by atoms with van der Waals surface area (Å²) in [5.74, 6) is -0.322. The predicted molar refractivity (Wildman–Crippen MR) is 82.8 cm³/mol. The van der Waals surface area contributed by atoms with Crippen LogP contribution < -0.4 is 0 Å². The standard InChI is InChI=1S/C18H18O3/c1-2-21-18(20)16-11-8-14(9-12-16)10-13-17(19)15-6-4-3-5-7-15/h3-13,17,19H,2H2,1H3. The first kappa shape index (κ1) is 15.0. The first-order valence-electron chi connectivity index (χ1n) is 6.89. The Morgan fingerprint density at radius 1 is 1.14 bits per heavy atom. The second kappa shape index (κ2) is 7.41.